The van der Waals surface area contributed by atoms with Gasteiger partial charge in [0.1, 0.15) is 0 Å². The Morgan fingerprint density at radius 3 is 3.05 bits per heavy atom. The highest BCUT2D eigenvalue weighted by molar-refractivity contribution is 9.10. The van der Waals surface area contributed by atoms with E-state index >= 15 is 0 Å². The molecule has 6 heteroatoms. The van der Waals surface area contributed by atoms with Crippen LogP contribution in [0, 0.1) is 5.92 Å². The van der Waals surface area contributed by atoms with Crippen LogP contribution in [0.15, 0.2) is 10.7 Å². The summed E-state index contributed by atoms with van der Waals surface area (Å²) < 4.78 is 6.05. The van der Waals surface area contributed by atoms with Gasteiger partial charge in [-0.3, -0.25) is 0 Å². The molecule has 2 aliphatic rings. The van der Waals surface area contributed by atoms with E-state index in [0.29, 0.717) is 11.8 Å². The molecular weight excluding hydrogens is 320 g/mol. The van der Waals surface area contributed by atoms with Crippen LogP contribution in [-0.4, -0.2) is 42.8 Å². The van der Waals surface area contributed by atoms with Crippen LogP contribution in [0.5, 0.6) is 5.88 Å². The molecule has 1 aliphatic heterocycles. The molecule has 0 amide bonds. The molecule has 0 bridgehead atoms. The highest BCUT2D eigenvalue weighted by Gasteiger charge is 2.26. The van der Waals surface area contributed by atoms with Gasteiger partial charge >= 0.3 is 0 Å². The van der Waals surface area contributed by atoms with Gasteiger partial charge in [0.15, 0.2) is 0 Å². The third-order valence-electron chi connectivity index (χ3n) is 3.97. The van der Waals surface area contributed by atoms with Crippen LogP contribution in [0.3, 0.4) is 0 Å². The zero-order chi connectivity index (χ0) is 13.9. The maximum atomic E-state index is 5.25. The summed E-state index contributed by atoms with van der Waals surface area (Å²) in [5.41, 5.74) is 0. The lowest BCUT2D eigenvalue weighted by Crippen LogP contribution is -2.40. The lowest BCUT2D eigenvalue weighted by atomic mass is 9.98. The maximum absolute atomic E-state index is 5.25. The first-order valence-electron chi connectivity index (χ1n) is 7.31. The normalized spacial score (nSPS) is 22.9. The van der Waals surface area contributed by atoms with Crippen LogP contribution in [-0.2, 0) is 0 Å². The number of piperidine rings is 1. The Balaban J connectivity index is 1.63. The molecule has 110 valence electrons. The summed E-state index contributed by atoms with van der Waals surface area (Å²) in [4.78, 5) is 11.2. The molecule has 2 heterocycles. The first-order chi connectivity index (χ1) is 9.76. The Hall–Kier alpha value is -0.880. The van der Waals surface area contributed by atoms with E-state index in [1.165, 1.54) is 25.7 Å². The van der Waals surface area contributed by atoms with Crippen molar-refractivity contribution in [3.8, 4) is 5.88 Å². The lowest BCUT2D eigenvalue weighted by Gasteiger charge is -2.33. The average Bonchev–Trinajstić information content (AvgIpc) is 3.30. The van der Waals surface area contributed by atoms with E-state index in [1.807, 2.05) is 0 Å². The minimum absolute atomic E-state index is 0.605. The summed E-state index contributed by atoms with van der Waals surface area (Å²) >= 11 is 3.40. The summed E-state index contributed by atoms with van der Waals surface area (Å²) in [6.45, 7) is 3.18. The van der Waals surface area contributed by atoms with E-state index in [2.05, 4.69) is 36.1 Å². The predicted octanol–water partition coefficient (Wildman–Crippen LogP) is 2.22. The molecular formula is C14H21BrN4O. The summed E-state index contributed by atoms with van der Waals surface area (Å²) in [6.07, 6.45) is 6.97. The van der Waals surface area contributed by atoms with E-state index in [9.17, 15) is 0 Å². The minimum atomic E-state index is 0.605. The summed E-state index contributed by atoms with van der Waals surface area (Å²) in [5.74, 6) is 2.08. The number of halogens is 1. The number of anilines is 1. The quantitative estimate of drug-likeness (QED) is 0.890. The third-order valence-corrected chi connectivity index (χ3v) is 4.51. The van der Waals surface area contributed by atoms with Crippen LogP contribution in [0.4, 0.5) is 5.95 Å². The highest BCUT2D eigenvalue weighted by Crippen LogP contribution is 2.26. The average molecular weight is 341 g/mol. The van der Waals surface area contributed by atoms with E-state index in [0.717, 1.165) is 36.1 Å². The first kappa shape index (κ1) is 14.1. The Bertz CT molecular complexity index is 466. The second-order valence-corrected chi connectivity index (χ2v) is 6.52. The van der Waals surface area contributed by atoms with Gasteiger partial charge in [-0.2, -0.15) is 4.98 Å². The van der Waals surface area contributed by atoms with Gasteiger partial charge < -0.3 is 15.0 Å². The Kier molecular flexibility index (Phi) is 4.41. The second-order valence-electron chi connectivity index (χ2n) is 5.66. The molecule has 1 N–H and O–H groups in total. The molecule has 0 radical (unpaired) electrons. The topological polar surface area (TPSA) is 50.3 Å². The predicted molar refractivity (Wildman–Crippen MR) is 82.2 cm³/mol. The van der Waals surface area contributed by atoms with Gasteiger partial charge in [0.25, 0.3) is 0 Å². The fourth-order valence-electron chi connectivity index (χ4n) is 2.67. The monoisotopic (exact) mass is 340 g/mol. The number of aromatic nitrogens is 2. The smallest absolute Gasteiger partial charge is 0.232 e. The van der Waals surface area contributed by atoms with Crippen LogP contribution in [0.2, 0.25) is 0 Å². The number of rotatable bonds is 5. The lowest BCUT2D eigenvalue weighted by molar-refractivity contribution is 0.379. The number of ether oxygens (including phenoxy) is 1. The second kappa shape index (κ2) is 6.26. The third kappa shape index (κ3) is 3.41. The summed E-state index contributed by atoms with van der Waals surface area (Å²) in [7, 11) is 1.63. The molecule has 3 rings (SSSR count). The standard InChI is InChI=1S/C14H21BrN4O/c1-20-13-12(15)8-17-14(18-13)19-6-2-3-10(9-19)7-16-11-4-5-11/h8,10-11,16H,2-7,9H2,1H3. The molecule has 1 aromatic rings. The number of nitrogens with one attached hydrogen (secondary N) is 1. The van der Waals surface area contributed by atoms with Crippen LogP contribution in [0.1, 0.15) is 25.7 Å². The molecule has 1 saturated carbocycles. The number of hydrogen-bond acceptors (Lipinski definition) is 5. The number of nitrogens with zero attached hydrogens (tertiary/aromatic N) is 3. The van der Waals surface area contributed by atoms with Crippen LogP contribution >= 0.6 is 15.9 Å². The molecule has 0 spiro atoms. The zero-order valence-corrected chi connectivity index (χ0v) is 13.4. The largest absolute Gasteiger partial charge is 0.480 e. The first-order valence-corrected chi connectivity index (χ1v) is 8.10. The van der Waals surface area contributed by atoms with Gasteiger partial charge in [-0.25, -0.2) is 4.98 Å². The van der Waals surface area contributed by atoms with Crippen molar-refractivity contribution in [2.75, 3.05) is 31.6 Å². The van der Waals surface area contributed by atoms with E-state index in [-0.39, 0.29) is 0 Å². The van der Waals surface area contributed by atoms with Crippen molar-refractivity contribution in [1.29, 1.82) is 0 Å². The van der Waals surface area contributed by atoms with Crippen molar-refractivity contribution in [1.82, 2.24) is 15.3 Å². The molecule has 1 aromatic heterocycles. The number of methoxy groups -OCH3 is 1. The van der Waals surface area contributed by atoms with Gasteiger partial charge in [-0.1, -0.05) is 0 Å². The Morgan fingerprint density at radius 2 is 2.30 bits per heavy atom. The van der Waals surface area contributed by atoms with Gasteiger partial charge in [-0.05, 0) is 54.1 Å². The van der Waals surface area contributed by atoms with Crippen LogP contribution in [0.25, 0.3) is 0 Å². The fourth-order valence-corrected chi connectivity index (χ4v) is 3.03. The van der Waals surface area contributed by atoms with Crippen LogP contribution < -0.4 is 15.0 Å². The molecule has 1 saturated heterocycles. The molecule has 5 nitrogen and oxygen atoms in total. The van der Waals surface area contributed by atoms with Gasteiger partial charge in [0.05, 0.1) is 17.8 Å². The van der Waals surface area contributed by atoms with Gasteiger partial charge in [-0.15, -0.1) is 0 Å². The molecule has 0 aromatic carbocycles. The highest BCUT2D eigenvalue weighted by atomic mass is 79.9. The van der Waals surface area contributed by atoms with Crippen molar-refractivity contribution in [2.45, 2.75) is 31.7 Å². The molecule has 1 unspecified atom stereocenters. The van der Waals surface area contributed by atoms with Crippen molar-refractivity contribution in [2.24, 2.45) is 5.92 Å². The van der Waals surface area contributed by atoms with E-state index in [1.54, 1.807) is 13.3 Å². The maximum Gasteiger partial charge on any atom is 0.232 e. The molecule has 1 atom stereocenters. The van der Waals surface area contributed by atoms with Crippen molar-refractivity contribution in [3.63, 3.8) is 0 Å². The SMILES string of the molecule is COc1nc(N2CCCC(CNC3CC3)C2)ncc1Br. The van der Waals surface area contributed by atoms with E-state index in [4.69, 9.17) is 4.74 Å². The fraction of sp³-hybridized carbons (Fsp3) is 0.714. The molecule has 20 heavy (non-hydrogen) atoms. The molecule has 1 aliphatic carbocycles. The Labute approximate surface area is 128 Å². The molecule has 2 fully saturated rings. The Morgan fingerprint density at radius 1 is 1.45 bits per heavy atom. The zero-order valence-electron chi connectivity index (χ0n) is 11.8. The van der Waals surface area contributed by atoms with Crippen molar-refractivity contribution >= 4 is 21.9 Å². The van der Waals surface area contributed by atoms with E-state index < -0.39 is 0 Å². The summed E-state index contributed by atoms with van der Waals surface area (Å²) in [5, 5.41) is 3.63. The number of hydrogen-bond donors (Lipinski definition) is 1. The summed E-state index contributed by atoms with van der Waals surface area (Å²) in [6, 6.07) is 0.786. The van der Waals surface area contributed by atoms with Gasteiger partial charge in [0.2, 0.25) is 11.8 Å². The van der Waals surface area contributed by atoms with Crippen molar-refractivity contribution in [3.05, 3.63) is 10.7 Å². The van der Waals surface area contributed by atoms with Crippen molar-refractivity contribution < 1.29 is 4.74 Å². The van der Waals surface area contributed by atoms with Gasteiger partial charge in [0, 0.05) is 19.1 Å². The minimum Gasteiger partial charge on any atom is -0.480 e.